The highest BCUT2D eigenvalue weighted by Gasteiger charge is 2.29. The van der Waals surface area contributed by atoms with Crippen molar-refractivity contribution in [2.75, 3.05) is 27.3 Å². The molecule has 0 radical (unpaired) electrons. The zero-order valence-corrected chi connectivity index (χ0v) is 18.5. The van der Waals surface area contributed by atoms with Gasteiger partial charge in [0.15, 0.2) is 5.78 Å². The topological polar surface area (TPSA) is 51.7 Å². The molecule has 0 unspecified atom stereocenters. The van der Waals surface area contributed by atoms with Crippen molar-refractivity contribution in [3.63, 3.8) is 0 Å². The van der Waals surface area contributed by atoms with E-state index < -0.39 is 0 Å². The van der Waals surface area contributed by atoms with E-state index >= 15 is 0 Å². The minimum atomic E-state index is -0.253. The molecule has 162 valence electrons. The van der Waals surface area contributed by atoms with Crippen LogP contribution < -0.4 is 9.47 Å². The maximum atomic E-state index is 13.2. The van der Waals surface area contributed by atoms with Crippen molar-refractivity contribution >= 4 is 17.1 Å². The Morgan fingerprint density at radius 1 is 1.19 bits per heavy atom. The number of thiazole rings is 1. The number of ketones is 1. The second-order valence-corrected chi connectivity index (χ2v) is 8.58. The normalized spacial score (nSPS) is 16.8. The first-order chi connectivity index (χ1) is 15.1. The van der Waals surface area contributed by atoms with Gasteiger partial charge in [0.1, 0.15) is 22.3 Å². The number of benzene rings is 2. The fourth-order valence-electron chi connectivity index (χ4n) is 3.96. The van der Waals surface area contributed by atoms with E-state index in [9.17, 15) is 9.18 Å². The van der Waals surface area contributed by atoms with Crippen LogP contribution in [0.4, 0.5) is 4.39 Å². The summed E-state index contributed by atoms with van der Waals surface area (Å²) in [5.74, 6) is 0.990. The lowest BCUT2D eigenvalue weighted by atomic mass is 9.89. The lowest BCUT2D eigenvalue weighted by Crippen LogP contribution is -2.38. The van der Waals surface area contributed by atoms with Crippen LogP contribution in [0.1, 0.15) is 28.2 Å². The van der Waals surface area contributed by atoms with Crippen LogP contribution in [0.2, 0.25) is 0 Å². The van der Waals surface area contributed by atoms with E-state index in [1.54, 1.807) is 55.9 Å². The van der Waals surface area contributed by atoms with E-state index in [-0.39, 0.29) is 17.5 Å². The molecule has 0 spiro atoms. The number of ether oxygens (including phenoxy) is 2. The van der Waals surface area contributed by atoms with Crippen molar-refractivity contribution < 1.29 is 18.7 Å². The summed E-state index contributed by atoms with van der Waals surface area (Å²) in [6.45, 7) is 2.34. The van der Waals surface area contributed by atoms with Gasteiger partial charge >= 0.3 is 0 Å². The molecule has 0 aliphatic carbocycles. The molecular weight excluding hydrogens is 415 g/mol. The molecule has 5 nitrogen and oxygen atoms in total. The van der Waals surface area contributed by atoms with Gasteiger partial charge in [-0.1, -0.05) is 0 Å². The highest BCUT2D eigenvalue weighted by atomic mass is 32.1. The number of nitrogens with zero attached hydrogens (tertiary/aromatic N) is 2. The Labute approximate surface area is 185 Å². The van der Waals surface area contributed by atoms with Crippen molar-refractivity contribution in [3.05, 3.63) is 64.2 Å². The number of Topliss-reactive ketones (excluding diaryl/α,β-unsaturated/α-hetero) is 1. The zero-order chi connectivity index (χ0) is 21.8. The van der Waals surface area contributed by atoms with Crippen LogP contribution in [0.5, 0.6) is 11.5 Å². The van der Waals surface area contributed by atoms with Crippen molar-refractivity contribution in [1.82, 2.24) is 9.88 Å². The number of piperidine rings is 1. The number of hydrogen-bond acceptors (Lipinski definition) is 6. The average molecular weight is 441 g/mol. The van der Waals surface area contributed by atoms with Crippen molar-refractivity contribution in [3.8, 4) is 22.8 Å². The molecule has 0 N–H and O–H groups in total. The Balaban J connectivity index is 1.43. The van der Waals surface area contributed by atoms with Gasteiger partial charge in [0.25, 0.3) is 0 Å². The van der Waals surface area contributed by atoms with Gasteiger partial charge in [0, 0.05) is 29.5 Å². The third-order valence-corrected chi connectivity index (χ3v) is 6.43. The Morgan fingerprint density at radius 2 is 2.00 bits per heavy atom. The van der Waals surface area contributed by atoms with Crippen LogP contribution >= 0.6 is 11.3 Å². The second-order valence-electron chi connectivity index (χ2n) is 7.64. The number of hydrogen-bond donors (Lipinski definition) is 0. The van der Waals surface area contributed by atoms with Gasteiger partial charge in [0.05, 0.1) is 32.0 Å². The van der Waals surface area contributed by atoms with E-state index in [2.05, 4.69) is 4.90 Å². The Morgan fingerprint density at radius 3 is 2.74 bits per heavy atom. The summed E-state index contributed by atoms with van der Waals surface area (Å²) in [7, 11) is 3.16. The minimum Gasteiger partial charge on any atom is -0.497 e. The van der Waals surface area contributed by atoms with Crippen LogP contribution in [-0.4, -0.2) is 43.0 Å². The third kappa shape index (κ3) is 4.94. The SMILES string of the molecule is COc1ccc(C(=O)[C@H]2CCCN(Cc3nc(-c4ccc(F)cc4)cs3)C2)c(OC)c1. The van der Waals surface area contributed by atoms with Crippen LogP contribution in [0.3, 0.4) is 0 Å². The molecule has 0 amide bonds. The second kappa shape index (κ2) is 9.58. The molecule has 1 aromatic heterocycles. The number of carbonyl (C=O) groups excluding carboxylic acids is 1. The van der Waals surface area contributed by atoms with Gasteiger partial charge in [-0.05, 0) is 55.8 Å². The predicted molar refractivity (Wildman–Crippen MR) is 119 cm³/mol. The molecule has 2 aromatic carbocycles. The first-order valence-electron chi connectivity index (χ1n) is 10.3. The summed E-state index contributed by atoms with van der Waals surface area (Å²) in [5, 5.41) is 2.99. The monoisotopic (exact) mass is 440 g/mol. The number of carbonyl (C=O) groups is 1. The summed E-state index contributed by atoms with van der Waals surface area (Å²) >= 11 is 1.59. The number of methoxy groups -OCH3 is 2. The van der Waals surface area contributed by atoms with E-state index in [4.69, 9.17) is 14.5 Å². The highest BCUT2D eigenvalue weighted by molar-refractivity contribution is 7.09. The quantitative estimate of drug-likeness (QED) is 0.481. The van der Waals surface area contributed by atoms with Gasteiger partial charge in [-0.2, -0.15) is 0 Å². The average Bonchev–Trinajstić information content (AvgIpc) is 3.27. The molecule has 1 aliphatic heterocycles. The standard InChI is InChI=1S/C24H25FN2O3S/c1-29-19-9-10-20(22(12-19)30-2)24(28)17-4-3-11-27(13-17)14-23-26-21(15-31-23)16-5-7-18(25)8-6-16/h5-10,12,15,17H,3-4,11,13-14H2,1-2H3/t17-/m0/s1. The molecule has 3 aromatic rings. The minimum absolute atomic E-state index is 0.0763. The Hall–Kier alpha value is -2.77. The molecule has 0 bridgehead atoms. The lowest BCUT2D eigenvalue weighted by molar-refractivity contribution is 0.0808. The van der Waals surface area contributed by atoms with Crippen LogP contribution in [0.25, 0.3) is 11.3 Å². The fourth-order valence-corrected chi connectivity index (χ4v) is 4.81. The van der Waals surface area contributed by atoms with E-state index in [0.29, 0.717) is 30.2 Å². The number of halogens is 1. The molecule has 31 heavy (non-hydrogen) atoms. The molecule has 0 saturated carbocycles. The van der Waals surface area contributed by atoms with Crippen LogP contribution in [0, 0.1) is 11.7 Å². The summed E-state index contributed by atoms with van der Waals surface area (Å²) in [5.41, 5.74) is 2.36. The van der Waals surface area contributed by atoms with Crippen LogP contribution in [-0.2, 0) is 6.54 Å². The van der Waals surface area contributed by atoms with Gasteiger partial charge < -0.3 is 9.47 Å². The van der Waals surface area contributed by atoms with E-state index in [1.807, 2.05) is 5.38 Å². The molecule has 1 fully saturated rings. The van der Waals surface area contributed by atoms with Crippen molar-refractivity contribution in [2.24, 2.45) is 5.92 Å². The molecule has 2 heterocycles. The van der Waals surface area contributed by atoms with E-state index in [0.717, 1.165) is 35.7 Å². The first-order valence-corrected chi connectivity index (χ1v) is 11.1. The largest absolute Gasteiger partial charge is 0.497 e. The summed E-state index contributed by atoms with van der Waals surface area (Å²) < 4.78 is 23.8. The maximum absolute atomic E-state index is 13.2. The third-order valence-electron chi connectivity index (χ3n) is 5.60. The van der Waals surface area contributed by atoms with Gasteiger partial charge in [0.2, 0.25) is 0 Å². The Kier molecular flexibility index (Phi) is 6.63. The smallest absolute Gasteiger partial charge is 0.170 e. The molecule has 1 atom stereocenters. The lowest BCUT2D eigenvalue weighted by Gasteiger charge is -2.31. The maximum Gasteiger partial charge on any atom is 0.170 e. The molecule has 7 heteroatoms. The summed E-state index contributed by atoms with van der Waals surface area (Å²) in [6.07, 6.45) is 1.83. The van der Waals surface area contributed by atoms with E-state index in [1.165, 1.54) is 12.1 Å². The van der Waals surface area contributed by atoms with Gasteiger partial charge in [-0.3, -0.25) is 9.69 Å². The van der Waals surface area contributed by atoms with Crippen molar-refractivity contribution in [1.29, 1.82) is 0 Å². The van der Waals surface area contributed by atoms with Crippen molar-refractivity contribution in [2.45, 2.75) is 19.4 Å². The zero-order valence-electron chi connectivity index (χ0n) is 17.6. The molecule has 4 rings (SSSR count). The first kappa shape index (κ1) is 21.5. The van der Waals surface area contributed by atoms with Crippen LogP contribution in [0.15, 0.2) is 47.8 Å². The van der Waals surface area contributed by atoms with Gasteiger partial charge in [-0.25, -0.2) is 9.37 Å². The Bertz CT molecular complexity index is 1050. The fraction of sp³-hybridized carbons (Fsp3) is 0.333. The molecule has 1 saturated heterocycles. The number of rotatable bonds is 7. The molecule has 1 aliphatic rings. The summed E-state index contributed by atoms with van der Waals surface area (Å²) in [4.78, 5) is 20.2. The van der Waals surface area contributed by atoms with Gasteiger partial charge in [-0.15, -0.1) is 11.3 Å². The number of likely N-dealkylation sites (tertiary alicyclic amines) is 1. The molecular formula is C24H25FN2O3S. The highest BCUT2D eigenvalue weighted by Crippen LogP contribution is 2.30. The predicted octanol–water partition coefficient (Wildman–Crippen LogP) is 5.06. The number of aromatic nitrogens is 1. The summed E-state index contributed by atoms with van der Waals surface area (Å²) in [6, 6.07) is 11.7.